The molecule has 0 N–H and O–H groups in total. The van der Waals surface area contributed by atoms with Gasteiger partial charge in [-0.2, -0.15) is 0 Å². The highest BCUT2D eigenvalue weighted by Crippen LogP contribution is 2.48. The predicted octanol–water partition coefficient (Wildman–Crippen LogP) is 14.1. The minimum absolute atomic E-state index is 1.21. The Balaban J connectivity index is 1.33. The third kappa shape index (κ3) is 4.61. The summed E-state index contributed by atoms with van der Waals surface area (Å²) < 4.78 is 0. The highest BCUT2D eigenvalue weighted by atomic mass is 14.2. The number of rotatable bonds is 4. The van der Waals surface area contributed by atoms with Gasteiger partial charge >= 0.3 is 0 Å². The summed E-state index contributed by atoms with van der Waals surface area (Å²) in [5.74, 6) is 0. The van der Waals surface area contributed by atoms with Gasteiger partial charge in [0, 0.05) is 0 Å². The molecular formula is C50H32. The molecule has 0 heteroatoms. The molecule has 0 saturated heterocycles. The van der Waals surface area contributed by atoms with Crippen LogP contribution in [0.1, 0.15) is 0 Å². The maximum atomic E-state index is 2.44. The lowest BCUT2D eigenvalue weighted by atomic mass is 9.82. The molecule has 0 amide bonds. The van der Waals surface area contributed by atoms with E-state index in [0.29, 0.717) is 0 Å². The van der Waals surface area contributed by atoms with E-state index in [9.17, 15) is 0 Å². The fraction of sp³-hybridized carbons (Fsp3) is 0. The van der Waals surface area contributed by atoms with Crippen molar-refractivity contribution in [2.75, 3.05) is 0 Å². The van der Waals surface area contributed by atoms with Crippen molar-refractivity contribution in [3.05, 3.63) is 194 Å². The molecular weight excluding hydrogens is 601 g/mol. The smallest absolute Gasteiger partial charge is 0.00199 e. The number of fused-ring (bicyclic) bond motifs is 5. The first kappa shape index (κ1) is 28.5. The predicted molar refractivity (Wildman–Crippen MR) is 216 cm³/mol. The fourth-order valence-corrected chi connectivity index (χ4v) is 8.06. The van der Waals surface area contributed by atoms with Crippen molar-refractivity contribution < 1.29 is 0 Å². The van der Waals surface area contributed by atoms with Crippen LogP contribution >= 0.6 is 0 Å². The Morgan fingerprint density at radius 2 is 0.640 bits per heavy atom. The van der Waals surface area contributed by atoms with E-state index in [0.717, 1.165) is 0 Å². The van der Waals surface area contributed by atoms with E-state index in [-0.39, 0.29) is 0 Å². The van der Waals surface area contributed by atoms with Crippen molar-refractivity contribution in [1.29, 1.82) is 0 Å². The first-order valence-corrected chi connectivity index (χ1v) is 17.3. The summed E-state index contributed by atoms with van der Waals surface area (Å²) >= 11 is 0. The summed E-state index contributed by atoms with van der Waals surface area (Å²) in [6.07, 6.45) is 0. The van der Waals surface area contributed by atoms with Gasteiger partial charge in [-0.3, -0.25) is 0 Å². The Bertz CT molecular complexity index is 2920. The van der Waals surface area contributed by atoms with Crippen LogP contribution in [0.4, 0.5) is 0 Å². The molecule has 0 radical (unpaired) electrons. The Morgan fingerprint density at radius 3 is 1.36 bits per heavy atom. The second kappa shape index (κ2) is 11.6. The first-order valence-electron chi connectivity index (χ1n) is 17.3. The van der Waals surface area contributed by atoms with E-state index in [1.165, 1.54) is 98.4 Å². The lowest BCUT2D eigenvalue weighted by molar-refractivity contribution is 1.62. The van der Waals surface area contributed by atoms with Crippen molar-refractivity contribution >= 4 is 53.9 Å². The van der Waals surface area contributed by atoms with Crippen LogP contribution in [0.15, 0.2) is 194 Å². The molecule has 0 nitrogen and oxygen atoms in total. The lowest BCUT2D eigenvalue weighted by Gasteiger charge is -2.21. The van der Waals surface area contributed by atoms with Gasteiger partial charge in [-0.05, 0) is 117 Å². The third-order valence-corrected chi connectivity index (χ3v) is 10.4. The van der Waals surface area contributed by atoms with E-state index in [2.05, 4.69) is 194 Å². The van der Waals surface area contributed by atoms with Gasteiger partial charge in [0.15, 0.2) is 0 Å². The standard InChI is InChI=1S/C50H32/c1-3-15-36-30-38(26-24-33(36)12-1)39-28-29-47-48(32-39)50(43-20-8-7-19-42(43)40-27-25-34-13-2-4-16-37(34)31-40)46-22-10-9-21-45(46)49(47)44-23-11-17-35-14-5-6-18-41(35)44/h1-32H. The van der Waals surface area contributed by atoms with Crippen molar-refractivity contribution in [1.82, 2.24) is 0 Å². The second-order valence-corrected chi connectivity index (χ2v) is 13.3. The van der Waals surface area contributed by atoms with Crippen LogP contribution in [0, 0.1) is 0 Å². The zero-order valence-electron chi connectivity index (χ0n) is 27.5. The first-order chi connectivity index (χ1) is 24.8. The number of benzene rings is 10. The van der Waals surface area contributed by atoms with Crippen LogP contribution in [0.25, 0.3) is 98.4 Å². The summed E-state index contributed by atoms with van der Waals surface area (Å²) in [4.78, 5) is 0. The average Bonchev–Trinajstić information content (AvgIpc) is 3.19. The molecule has 0 fully saturated rings. The monoisotopic (exact) mass is 632 g/mol. The quantitative estimate of drug-likeness (QED) is 0.169. The number of hydrogen-bond donors (Lipinski definition) is 0. The summed E-state index contributed by atoms with van der Waals surface area (Å²) in [5, 5.41) is 12.6. The van der Waals surface area contributed by atoms with Gasteiger partial charge in [-0.25, -0.2) is 0 Å². The fourth-order valence-electron chi connectivity index (χ4n) is 8.06. The molecule has 0 bridgehead atoms. The van der Waals surface area contributed by atoms with Crippen LogP contribution < -0.4 is 0 Å². The molecule has 0 heterocycles. The summed E-state index contributed by atoms with van der Waals surface area (Å²) in [6.45, 7) is 0. The number of hydrogen-bond acceptors (Lipinski definition) is 0. The van der Waals surface area contributed by atoms with Gasteiger partial charge < -0.3 is 0 Å². The van der Waals surface area contributed by atoms with Crippen LogP contribution in [0.3, 0.4) is 0 Å². The molecule has 0 aliphatic carbocycles. The summed E-state index contributed by atoms with van der Waals surface area (Å²) in [5.41, 5.74) is 9.95. The molecule has 232 valence electrons. The van der Waals surface area contributed by atoms with Gasteiger partial charge in [0.2, 0.25) is 0 Å². The van der Waals surface area contributed by atoms with Crippen LogP contribution in [0.2, 0.25) is 0 Å². The largest absolute Gasteiger partial charge is 0.0616 e. The Kier molecular flexibility index (Phi) is 6.60. The normalized spacial score (nSPS) is 11.6. The molecule has 0 spiro atoms. The van der Waals surface area contributed by atoms with Crippen molar-refractivity contribution in [3.8, 4) is 44.5 Å². The molecule has 0 atom stereocenters. The van der Waals surface area contributed by atoms with Crippen molar-refractivity contribution in [3.63, 3.8) is 0 Å². The minimum atomic E-state index is 1.21. The van der Waals surface area contributed by atoms with E-state index in [1.54, 1.807) is 0 Å². The average molecular weight is 633 g/mol. The SMILES string of the molecule is c1ccc(-c2c3ccccc3c(-c3cccc4ccccc34)c3ccc(-c4ccc5ccccc5c4)cc23)c(-c2ccc3ccccc3c2)c1. The van der Waals surface area contributed by atoms with E-state index in [1.807, 2.05) is 0 Å². The maximum absolute atomic E-state index is 2.44. The van der Waals surface area contributed by atoms with Crippen molar-refractivity contribution in [2.24, 2.45) is 0 Å². The third-order valence-electron chi connectivity index (χ3n) is 10.4. The minimum Gasteiger partial charge on any atom is -0.0616 e. The van der Waals surface area contributed by atoms with E-state index >= 15 is 0 Å². The van der Waals surface area contributed by atoms with Crippen LogP contribution in [-0.2, 0) is 0 Å². The van der Waals surface area contributed by atoms with Crippen LogP contribution in [0.5, 0.6) is 0 Å². The van der Waals surface area contributed by atoms with Gasteiger partial charge in [0.1, 0.15) is 0 Å². The Morgan fingerprint density at radius 1 is 0.200 bits per heavy atom. The molecule has 0 aliphatic heterocycles. The highest BCUT2D eigenvalue weighted by Gasteiger charge is 2.20. The molecule has 0 aromatic heterocycles. The van der Waals surface area contributed by atoms with Gasteiger partial charge in [-0.1, -0.05) is 176 Å². The molecule has 0 aliphatic rings. The molecule has 50 heavy (non-hydrogen) atoms. The van der Waals surface area contributed by atoms with E-state index in [4.69, 9.17) is 0 Å². The Hall–Kier alpha value is -6.50. The highest BCUT2D eigenvalue weighted by molar-refractivity contribution is 6.25. The van der Waals surface area contributed by atoms with Gasteiger partial charge in [-0.15, -0.1) is 0 Å². The zero-order chi connectivity index (χ0) is 33.0. The summed E-state index contributed by atoms with van der Waals surface area (Å²) in [7, 11) is 0. The second-order valence-electron chi connectivity index (χ2n) is 13.3. The molecule has 0 saturated carbocycles. The molecule has 10 rings (SSSR count). The molecule has 0 unspecified atom stereocenters. The van der Waals surface area contributed by atoms with Crippen LogP contribution in [-0.4, -0.2) is 0 Å². The van der Waals surface area contributed by atoms with Gasteiger partial charge in [0.25, 0.3) is 0 Å². The molecule has 10 aromatic carbocycles. The summed E-state index contributed by atoms with van der Waals surface area (Å²) in [6, 6.07) is 71.5. The zero-order valence-corrected chi connectivity index (χ0v) is 27.5. The topological polar surface area (TPSA) is 0 Å². The lowest BCUT2D eigenvalue weighted by Crippen LogP contribution is -1.94. The Labute approximate surface area is 291 Å². The van der Waals surface area contributed by atoms with Gasteiger partial charge in [0.05, 0.1) is 0 Å². The molecule has 10 aromatic rings. The maximum Gasteiger partial charge on any atom is -0.00199 e. The van der Waals surface area contributed by atoms with Crippen molar-refractivity contribution in [2.45, 2.75) is 0 Å². The van der Waals surface area contributed by atoms with E-state index < -0.39 is 0 Å².